The molecule has 0 bridgehead atoms. The minimum Gasteiger partial charge on any atom is -0.466 e. The molecule has 1 rings (SSSR count). The number of halogens is 1. The van der Waals surface area contributed by atoms with Crippen molar-refractivity contribution >= 4 is 17.6 Å². The Kier molecular flexibility index (Phi) is 5.01. The molecule has 3 heteroatoms. The van der Waals surface area contributed by atoms with E-state index in [-0.39, 0.29) is 5.97 Å². The third-order valence-electron chi connectivity index (χ3n) is 2.78. The second-order valence-electron chi connectivity index (χ2n) is 4.73. The third-order valence-corrected chi connectivity index (χ3v) is 3.03. The summed E-state index contributed by atoms with van der Waals surface area (Å²) in [5.74, 6) is -0.131. The second-order valence-corrected chi connectivity index (χ2v) is 5.17. The summed E-state index contributed by atoms with van der Waals surface area (Å²) < 4.78 is 5.05. The number of rotatable bonds is 5. The number of hydrogen-bond donors (Lipinski definition) is 0. The molecule has 0 saturated carbocycles. The predicted molar refractivity (Wildman–Crippen MR) is 70.2 cm³/mol. The lowest BCUT2D eigenvalue weighted by atomic mass is 9.86. The van der Waals surface area contributed by atoms with E-state index in [9.17, 15) is 4.79 Å². The zero-order chi connectivity index (χ0) is 12.9. The summed E-state index contributed by atoms with van der Waals surface area (Å²) in [5.41, 5.74) is 0.752. The second kappa shape index (κ2) is 6.06. The van der Waals surface area contributed by atoms with Gasteiger partial charge in [-0.1, -0.05) is 23.7 Å². The first-order chi connectivity index (χ1) is 7.95. The molecule has 0 aliphatic heterocycles. The van der Waals surface area contributed by atoms with Crippen molar-refractivity contribution < 1.29 is 9.53 Å². The molecule has 0 atom stereocenters. The lowest BCUT2D eigenvalue weighted by Gasteiger charge is -2.22. The zero-order valence-corrected chi connectivity index (χ0v) is 11.4. The Morgan fingerprint density at radius 3 is 2.41 bits per heavy atom. The molecule has 17 heavy (non-hydrogen) atoms. The highest BCUT2D eigenvalue weighted by Gasteiger charge is 2.28. The highest BCUT2D eigenvalue weighted by atomic mass is 35.5. The van der Waals surface area contributed by atoms with Crippen LogP contribution in [0.15, 0.2) is 24.3 Å². The van der Waals surface area contributed by atoms with Crippen LogP contribution in [-0.2, 0) is 16.0 Å². The first-order valence-corrected chi connectivity index (χ1v) is 6.25. The number of hydrogen-bond acceptors (Lipinski definition) is 2. The van der Waals surface area contributed by atoms with Gasteiger partial charge in [0.05, 0.1) is 12.0 Å². The minimum absolute atomic E-state index is 0.131. The van der Waals surface area contributed by atoms with Crippen molar-refractivity contribution in [2.24, 2.45) is 5.41 Å². The number of carbonyl (C=O) groups is 1. The van der Waals surface area contributed by atoms with E-state index in [4.69, 9.17) is 16.3 Å². The molecular weight excluding hydrogens is 236 g/mol. The van der Waals surface area contributed by atoms with E-state index in [0.29, 0.717) is 6.61 Å². The Bertz CT molecular complexity index is 368. The first-order valence-electron chi connectivity index (χ1n) is 5.87. The Morgan fingerprint density at radius 2 is 1.88 bits per heavy atom. The van der Waals surface area contributed by atoms with Crippen LogP contribution in [0.1, 0.15) is 32.8 Å². The van der Waals surface area contributed by atoms with Crippen LogP contribution in [0.3, 0.4) is 0 Å². The van der Waals surface area contributed by atoms with Crippen molar-refractivity contribution in [3.8, 4) is 0 Å². The topological polar surface area (TPSA) is 26.3 Å². The summed E-state index contributed by atoms with van der Waals surface area (Å²) in [7, 11) is 0. The van der Waals surface area contributed by atoms with Gasteiger partial charge in [-0.3, -0.25) is 4.79 Å². The van der Waals surface area contributed by atoms with Crippen molar-refractivity contribution in [3.63, 3.8) is 0 Å². The van der Waals surface area contributed by atoms with Crippen LogP contribution in [0.5, 0.6) is 0 Å². The summed E-state index contributed by atoms with van der Waals surface area (Å²) in [6, 6.07) is 7.72. The van der Waals surface area contributed by atoms with E-state index in [1.54, 1.807) is 0 Å². The van der Waals surface area contributed by atoms with E-state index >= 15 is 0 Å². The fourth-order valence-corrected chi connectivity index (χ4v) is 1.66. The van der Waals surface area contributed by atoms with E-state index in [1.165, 1.54) is 5.56 Å². The van der Waals surface area contributed by atoms with Gasteiger partial charge in [0.1, 0.15) is 0 Å². The van der Waals surface area contributed by atoms with Crippen LogP contribution < -0.4 is 0 Å². The molecule has 0 radical (unpaired) electrons. The van der Waals surface area contributed by atoms with Gasteiger partial charge in [0.2, 0.25) is 0 Å². The van der Waals surface area contributed by atoms with Crippen LogP contribution in [0.2, 0.25) is 5.02 Å². The molecule has 94 valence electrons. The molecule has 0 spiro atoms. The van der Waals surface area contributed by atoms with Gasteiger partial charge in [-0.25, -0.2) is 0 Å². The molecule has 0 heterocycles. The molecule has 0 aliphatic carbocycles. The van der Waals surface area contributed by atoms with Gasteiger partial charge in [-0.15, -0.1) is 0 Å². The molecule has 0 amide bonds. The summed E-state index contributed by atoms with van der Waals surface area (Å²) in [4.78, 5) is 11.7. The summed E-state index contributed by atoms with van der Waals surface area (Å²) >= 11 is 5.82. The van der Waals surface area contributed by atoms with E-state index in [1.807, 2.05) is 45.0 Å². The number of carbonyl (C=O) groups excluding carboxylic acids is 1. The van der Waals surface area contributed by atoms with Crippen molar-refractivity contribution in [2.75, 3.05) is 6.61 Å². The molecule has 0 saturated heterocycles. The largest absolute Gasteiger partial charge is 0.466 e. The SMILES string of the molecule is CCOC(=O)C(C)(C)CCc1ccc(Cl)cc1. The minimum atomic E-state index is -0.435. The molecule has 1 aromatic rings. The van der Waals surface area contributed by atoms with Crippen LogP contribution >= 0.6 is 11.6 Å². The highest BCUT2D eigenvalue weighted by molar-refractivity contribution is 6.30. The van der Waals surface area contributed by atoms with Gasteiger partial charge >= 0.3 is 5.97 Å². The van der Waals surface area contributed by atoms with Gasteiger partial charge in [-0.2, -0.15) is 0 Å². The average molecular weight is 255 g/mol. The summed E-state index contributed by atoms with van der Waals surface area (Å²) in [5, 5.41) is 0.735. The lowest BCUT2D eigenvalue weighted by molar-refractivity contribution is -0.153. The smallest absolute Gasteiger partial charge is 0.311 e. The van der Waals surface area contributed by atoms with Gasteiger partial charge in [0.25, 0.3) is 0 Å². The maximum absolute atomic E-state index is 11.7. The van der Waals surface area contributed by atoms with Gasteiger partial charge in [0, 0.05) is 5.02 Å². The van der Waals surface area contributed by atoms with Gasteiger partial charge in [-0.05, 0) is 51.3 Å². The van der Waals surface area contributed by atoms with E-state index in [2.05, 4.69) is 0 Å². The van der Waals surface area contributed by atoms with Crippen molar-refractivity contribution in [1.29, 1.82) is 0 Å². The van der Waals surface area contributed by atoms with Crippen molar-refractivity contribution in [3.05, 3.63) is 34.9 Å². The van der Waals surface area contributed by atoms with Crippen LogP contribution in [0.25, 0.3) is 0 Å². The molecule has 2 nitrogen and oxygen atoms in total. The quantitative estimate of drug-likeness (QED) is 0.746. The maximum Gasteiger partial charge on any atom is 0.311 e. The highest BCUT2D eigenvalue weighted by Crippen LogP contribution is 2.25. The molecule has 0 N–H and O–H groups in total. The molecule has 0 unspecified atom stereocenters. The summed E-state index contributed by atoms with van der Waals surface area (Å²) in [6.45, 7) is 6.10. The monoisotopic (exact) mass is 254 g/mol. The molecule has 0 aromatic heterocycles. The van der Waals surface area contributed by atoms with E-state index < -0.39 is 5.41 Å². The molecule has 1 aromatic carbocycles. The van der Waals surface area contributed by atoms with Gasteiger partial charge < -0.3 is 4.74 Å². The Morgan fingerprint density at radius 1 is 1.29 bits per heavy atom. The number of aryl methyl sites for hydroxylation is 1. The van der Waals surface area contributed by atoms with Crippen LogP contribution in [0, 0.1) is 5.41 Å². The maximum atomic E-state index is 11.7. The predicted octanol–water partition coefficient (Wildman–Crippen LogP) is 3.86. The number of esters is 1. The van der Waals surface area contributed by atoms with Gasteiger partial charge in [0.15, 0.2) is 0 Å². The molecular formula is C14H19ClO2. The number of benzene rings is 1. The first kappa shape index (κ1) is 14.0. The third kappa shape index (κ3) is 4.39. The van der Waals surface area contributed by atoms with Crippen molar-refractivity contribution in [2.45, 2.75) is 33.6 Å². The Balaban J connectivity index is 2.54. The van der Waals surface area contributed by atoms with E-state index in [0.717, 1.165) is 17.9 Å². The normalized spacial score (nSPS) is 11.3. The fraction of sp³-hybridized carbons (Fsp3) is 0.500. The number of ether oxygens (including phenoxy) is 1. The molecule has 0 fully saturated rings. The lowest BCUT2D eigenvalue weighted by Crippen LogP contribution is -2.27. The summed E-state index contributed by atoms with van der Waals surface area (Å²) in [6.07, 6.45) is 1.62. The standard InChI is InChI=1S/C14H19ClO2/c1-4-17-13(16)14(2,3)10-9-11-5-7-12(15)8-6-11/h5-8H,4,9-10H2,1-3H3. The van der Waals surface area contributed by atoms with Crippen LogP contribution in [0.4, 0.5) is 0 Å². The Hall–Kier alpha value is -1.02. The fourth-order valence-electron chi connectivity index (χ4n) is 1.54. The zero-order valence-electron chi connectivity index (χ0n) is 10.6. The van der Waals surface area contributed by atoms with Crippen molar-refractivity contribution in [1.82, 2.24) is 0 Å². The molecule has 0 aliphatic rings. The van der Waals surface area contributed by atoms with Crippen LogP contribution in [-0.4, -0.2) is 12.6 Å². The average Bonchev–Trinajstić information content (AvgIpc) is 2.29. The Labute approximate surface area is 108 Å².